The molecule has 1 aromatic heterocycles. The van der Waals surface area contributed by atoms with Crippen molar-refractivity contribution in [3.63, 3.8) is 0 Å². The van der Waals surface area contributed by atoms with Crippen LogP contribution in [0.15, 0.2) is 35.3 Å². The molecule has 0 saturated carbocycles. The van der Waals surface area contributed by atoms with E-state index in [1.807, 2.05) is 24.3 Å². The zero-order valence-electron chi connectivity index (χ0n) is 12.5. The van der Waals surface area contributed by atoms with Crippen LogP contribution < -0.4 is 10.9 Å². The molecule has 2 atom stereocenters. The molecule has 0 amide bonds. The highest BCUT2D eigenvalue weighted by Gasteiger charge is 2.16. The van der Waals surface area contributed by atoms with E-state index >= 15 is 0 Å². The van der Waals surface area contributed by atoms with Crippen molar-refractivity contribution in [1.82, 2.24) is 15.1 Å². The van der Waals surface area contributed by atoms with Gasteiger partial charge >= 0.3 is 0 Å². The summed E-state index contributed by atoms with van der Waals surface area (Å²) in [5, 5.41) is 9.40. The standard InChI is InChI=1S/C16H23N3O/c1-4-12(3)15(17-5-2)11-19-16(20)14-9-7-6-8-13(14)10-18-19/h6-10,12,15,17H,4-5,11H2,1-3H3. The van der Waals surface area contributed by atoms with E-state index in [4.69, 9.17) is 0 Å². The van der Waals surface area contributed by atoms with Gasteiger partial charge in [-0.2, -0.15) is 5.10 Å². The second-order valence-electron chi connectivity index (χ2n) is 5.27. The van der Waals surface area contributed by atoms with Crippen LogP contribution in [0.2, 0.25) is 0 Å². The Bertz CT molecular complexity index is 620. The van der Waals surface area contributed by atoms with Gasteiger partial charge in [-0.15, -0.1) is 0 Å². The minimum atomic E-state index is -0.00527. The van der Waals surface area contributed by atoms with Crippen molar-refractivity contribution >= 4 is 10.8 Å². The van der Waals surface area contributed by atoms with Crippen LogP contribution in [0, 0.1) is 5.92 Å². The predicted octanol–water partition coefficient (Wildman–Crippen LogP) is 2.42. The molecular weight excluding hydrogens is 250 g/mol. The Morgan fingerprint density at radius 3 is 2.75 bits per heavy atom. The molecule has 0 radical (unpaired) electrons. The van der Waals surface area contributed by atoms with E-state index in [0.29, 0.717) is 12.5 Å². The van der Waals surface area contributed by atoms with Gasteiger partial charge in [0.1, 0.15) is 0 Å². The molecule has 2 unspecified atom stereocenters. The van der Waals surface area contributed by atoms with Gasteiger partial charge in [0.15, 0.2) is 0 Å². The van der Waals surface area contributed by atoms with Gasteiger partial charge in [0.25, 0.3) is 5.56 Å². The van der Waals surface area contributed by atoms with E-state index < -0.39 is 0 Å². The van der Waals surface area contributed by atoms with Crippen LogP contribution in [-0.2, 0) is 6.54 Å². The van der Waals surface area contributed by atoms with Crippen LogP contribution in [0.3, 0.4) is 0 Å². The number of nitrogens with zero attached hydrogens (tertiary/aromatic N) is 2. The number of aromatic nitrogens is 2. The smallest absolute Gasteiger partial charge is 0.274 e. The quantitative estimate of drug-likeness (QED) is 0.879. The lowest BCUT2D eigenvalue weighted by molar-refractivity contribution is 0.319. The molecule has 20 heavy (non-hydrogen) atoms. The van der Waals surface area contributed by atoms with Crippen molar-refractivity contribution in [2.75, 3.05) is 6.54 Å². The lowest BCUT2D eigenvalue weighted by atomic mass is 9.99. The van der Waals surface area contributed by atoms with Gasteiger partial charge in [-0.05, 0) is 18.5 Å². The number of hydrogen-bond donors (Lipinski definition) is 1. The number of hydrogen-bond acceptors (Lipinski definition) is 3. The van der Waals surface area contributed by atoms with E-state index in [9.17, 15) is 4.79 Å². The Morgan fingerprint density at radius 2 is 2.05 bits per heavy atom. The summed E-state index contributed by atoms with van der Waals surface area (Å²) in [6.07, 6.45) is 2.86. The maximum Gasteiger partial charge on any atom is 0.274 e. The number of rotatable bonds is 6. The normalized spacial score (nSPS) is 14.3. The van der Waals surface area contributed by atoms with E-state index in [-0.39, 0.29) is 11.6 Å². The first kappa shape index (κ1) is 14.7. The first-order valence-corrected chi connectivity index (χ1v) is 7.35. The zero-order valence-corrected chi connectivity index (χ0v) is 12.5. The van der Waals surface area contributed by atoms with Crippen molar-refractivity contribution < 1.29 is 0 Å². The first-order valence-electron chi connectivity index (χ1n) is 7.35. The summed E-state index contributed by atoms with van der Waals surface area (Å²) in [7, 11) is 0. The summed E-state index contributed by atoms with van der Waals surface area (Å²) in [5.41, 5.74) is -0.00527. The summed E-state index contributed by atoms with van der Waals surface area (Å²) in [5.74, 6) is 0.509. The average molecular weight is 273 g/mol. The van der Waals surface area contributed by atoms with Crippen LogP contribution >= 0.6 is 0 Å². The van der Waals surface area contributed by atoms with E-state index in [1.54, 1.807) is 10.9 Å². The molecule has 0 aliphatic heterocycles. The molecule has 108 valence electrons. The second-order valence-corrected chi connectivity index (χ2v) is 5.27. The Balaban J connectivity index is 2.32. The third kappa shape index (κ3) is 3.07. The van der Waals surface area contributed by atoms with E-state index in [2.05, 4.69) is 31.2 Å². The summed E-state index contributed by atoms with van der Waals surface area (Å²) >= 11 is 0. The van der Waals surface area contributed by atoms with Crippen LogP contribution in [0.5, 0.6) is 0 Å². The third-order valence-electron chi connectivity index (χ3n) is 3.93. The van der Waals surface area contributed by atoms with Crippen LogP contribution in [0.4, 0.5) is 0 Å². The van der Waals surface area contributed by atoms with Gasteiger partial charge in [0.2, 0.25) is 0 Å². The first-order chi connectivity index (χ1) is 9.67. The summed E-state index contributed by atoms with van der Waals surface area (Å²) in [4.78, 5) is 12.5. The largest absolute Gasteiger partial charge is 0.312 e. The highest BCUT2D eigenvalue weighted by atomic mass is 16.1. The Labute approximate surface area is 119 Å². The monoisotopic (exact) mass is 273 g/mol. The maximum atomic E-state index is 12.5. The van der Waals surface area contributed by atoms with Crippen LogP contribution in [0.25, 0.3) is 10.8 Å². The van der Waals surface area contributed by atoms with Crippen molar-refractivity contribution in [3.05, 3.63) is 40.8 Å². The molecule has 0 aliphatic rings. The maximum absolute atomic E-state index is 12.5. The molecule has 2 aromatic rings. The van der Waals surface area contributed by atoms with Crippen molar-refractivity contribution in [1.29, 1.82) is 0 Å². The van der Waals surface area contributed by atoms with Gasteiger partial charge in [0.05, 0.1) is 18.1 Å². The number of fused-ring (bicyclic) bond motifs is 1. The van der Waals surface area contributed by atoms with Crippen molar-refractivity contribution in [2.45, 2.75) is 39.8 Å². The van der Waals surface area contributed by atoms with Gasteiger partial charge in [-0.25, -0.2) is 4.68 Å². The molecule has 1 aromatic carbocycles. The molecule has 0 bridgehead atoms. The summed E-state index contributed by atoms with van der Waals surface area (Å²) < 4.78 is 1.59. The molecule has 2 rings (SSSR count). The number of nitrogens with one attached hydrogen (secondary N) is 1. The lowest BCUT2D eigenvalue weighted by Gasteiger charge is -2.24. The Morgan fingerprint density at radius 1 is 1.30 bits per heavy atom. The molecule has 0 saturated heterocycles. The molecular formula is C16H23N3O. The average Bonchev–Trinajstić information content (AvgIpc) is 2.48. The molecule has 4 heteroatoms. The number of benzene rings is 1. The van der Waals surface area contributed by atoms with E-state index in [1.165, 1.54) is 0 Å². The fourth-order valence-electron chi connectivity index (χ4n) is 2.44. The molecule has 1 heterocycles. The highest BCUT2D eigenvalue weighted by Crippen LogP contribution is 2.10. The van der Waals surface area contributed by atoms with Gasteiger partial charge < -0.3 is 5.32 Å². The van der Waals surface area contributed by atoms with Crippen LogP contribution in [-0.4, -0.2) is 22.4 Å². The van der Waals surface area contributed by atoms with Crippen molar-refractivity contribution in [3.8, 4) is 0 Å². The van der Waals surface area contributed by atoms with Gasteiger partial charge in [-0.3, -0.25) is 4.79 Å². The van der Waals surface area contributed by atoms with Gasteiger partial charge in [0, 0.05) is 11.4 Å². The Hall–Kier alpha value is -1.68. The fraction of sp³-hybridized carbons (Fsp3) is 0.500. The van der Waals surface area contributed by atoms with Crippen molar-refractivity contribution in [2.24, 2.45) is 5.92 Å². The fourth-order valence-corrected chi connectivity index (χ4v) is 2.44. The zero-order chi connectivity index (χ0) is 14.5. The minimum Gasteiger partial charge on any atom is -0.312 e. The predicted molar refractivity (Wildman–Crippen MR) is 82.9 cm³/mol. The molecule has 4 nitrogen and oxygen atoms in total. The summed E-state index contributed by atoms with van der Waals surface area (Å²) in [6.45, 7) is 7.99. The molecule has 1 N–H and O–H groups in total. The highest BCUT2D eigenvalue weighted by molar-refractivity contribution is 5.80. The third-order valence-corrected chi connectivity index (χ3v) is 3.93. The molecule has 0 aliphatic carbocycles. The molecule has 0 spiro atoms. The molecule has 0 fully saturated rings. The van der Waals surface area contributed by atoms with E-state index in [0.717, 1.165) is 23.7 Å². The van der Waals surface area contributed by atoms with Gasteiger partial charge in [-0.1, -0.05) is 45.4 Å². The SMILES string of the molecule is CCNC(Cn1ncc2ccccc2c1=O)C(C)CC. The minimum absolute atomic E-state index is 0.00527. The summed E-state index contributed by atoms with van der Waals surface area (Å²) in [6, 6.07) is 7.88. The number of likely N-dealkylation sites (N-methyl/N-ethyl adjacent to an activating group) is 1. The lowest BCUT2D eigenvalue weighted by Crippen LogP contribution is -2.41. The Kier molecular flexibility index (Phi) is 4.90. The second kappa shape index (κ2) is 6.66. The topological polar surface area (TPSA) is 46.9 Å². The van der Waals surface area contributed by atoms with Crippen LogP contribution in [0.1, 0.15) is 27.2 Å².